The molecule has 2 N–H and O–H groups in total. The van der Waals surface area contributed by atoms with E-state index in [1.54, 1.807) is 11.9 Å². The van der Waals surface area contributed by atoms with E-state index in [0.717, 1.165) is 45.1 Å². The lowest BCUT2D eigenvalue weighted by Gasteiger charge is -2.14. The molecule has 0 unspecified atom stereocenters. The maximum Gasteiger partial charge on any atom is 0.160 e. The largest absolute Gasteiger partial charge is 0.496 e. The van der Waals surface area contributed by atoms with Crippen LogP contribution in [0.25, 0.3) is 11.3 Å². The van der Waals surface area contributed by atoms with Gasteiger partial charge in [-0.25, -0.2) is 0 Å². The van der Waals surface area contributed by atoms with Gasteiger partial charge in [-0.1, -0.05) is 6.07 Å². The minimum absolute atomic E-state index is 0.433. The van der Waals surface area contributed by atoms with Gasteiger partial charge in [-0.05, 0) is 37.4 Å². The molecule has 0 radical (unpaired) electrons. The van der Waals surface area contributed by atoms with E-state index in [-0.39, 0.29) is 0 Å². The van der Waals surface area contributed by atoms with Gasteiger partial charge in [-0.15, -0.1) is 0 Å². The molecule has 25 heavy (non-hydrogen) atoms. The van der Waals surface area contributed by atoms with Gasteiger partial charge in [0, 0.05) is 28.6 Å². The number of hydrogen-bond acceptors (Lipinski definition) is 7. The molecule has 8 heteroatoms. The van der Waals surface area contributed by atoms with Crippen molar-refractivity contribution >= 4 is 17.8 Å². The average Bonchev–Trinajstić information content (AvgIpc) is 2.92. The van der Waals surface area contributed by atoms with Crippen LogP contribution < -0.4 is 10.5 Å². The molecule has 0 atom stereocenters. The number of nitrogens with two attached hydrogens (primary N) is 1. The van der Waals surface area contributed by atoms with Gasteiger partial charge in [0.2, 0.25) is 0 Å². The number of hydrogen-bond donors (Lipinski definition) is 1. The van der Waals surface area contributed by atoms with E-state index >= 15 is 0 Å². The first-order valence-corrected chi connectivity index (χ1v) is 8.84. The van der Waals surface area contributed by atoms with Gasteiger partial charge < -0.3 is 10.5 Å². The lowest BCUT2D eigenvalue weighted by Crippen LogP contribution is -2.22. The molecule has 3 heterocycles. The summed E-state index contributed by atoms with van der Waals surface area (Å²) in [5.74, 6) is 2.06. The normalized spacial score (nSPS) is 13.6. The maximum atomic E-state index is 6.11. The van der Waals surface area contributed by atoms with Crippen LogP contribution in [-0.4, -0.2) is 32.9 Å². The third-order valence-corrected chi connectivity index (χ3v) is 5.13. The molecule has 3 aliphatic rings. The molecule has 0 saturated heterocycles. The first-order valence-electron chi connectivity index (χ1n) is 7.90. The fourth-order valence-electron chi connectivity index (χ4n) is 3.13. The van der Waals surface area contributed by atoms with Crippen LogP contribution in [0, 0.1) is 13.8 Å². The molecule has 0 aromatic carbocycles. The van der Waals surface area contributed by atoms with Crippen LogP contribution in [0.2, 0.25) is 0 Å². The molecule has 1 aromatic heterocycles. The summed E-state index contributed by atoms with van der Waals surface area (Å²) < 4.78 is 9.80. The van der Waals surface area contributed by atoms with Crippen molar-refractivity contribution in [1.82, 2.24) is 20.0 Å². The van der Waals surface area contributed by atoms with E-state index in [4.69, 9.17) is 10.5 Å². The Morgan fingerprint density at radius 1 is 1.28 bits per heavy atom. The minimum atomic E-state index is 0.433. The van der Waals surface area contributed by atoms with E-state index in [9.17, 15) is 0 Å². The van der Waals surface area contributed by atoms with Gasteiger partial charge in [-0.2, -0.15) is 19.4 Å². The molecule has 0 amide bonds. The highest BCUT2D eigenvalue weighted by Gasteiger charge is 2.23. The monoisotopic (exact) mass is 354 g/mol. The highest BCUT2D eigenvalue weighted by atomic mass is 32.2. The molecule has 128 valence electrons. The predicted molar refractivity (Wildman–Crippen MR) is 98.0 cm³/mol. The van der Waals surface area contributed by atoms with Crippen LogP contribution in [-0.2, 0) is 12.3 Å². The van der Waals surface area contributed by atoms with E-state index < -0.39 is 0 Å². The fraction of sp³-hybridized carbons (Fsp3) is 0.294. The number of amidine groups is 1. The molecular formula is C17H18N6OS. The maximum absolute atomic E-state index is 6.11. The van der Waals surface area contributed by atoms with E-state index in [1.165, 1.54) is 11.9 Å². The van der Waals surface area contributed by atoms with E-state index in [1.807, 2.05) is 26.1 Å². The highest BCUT2D eigenvalue weighted by molar-refractivity contribution is 7.97. The Labute approximate surface area is 149 Å². The molecule has 1 aromatic rings. The topological polar surface area (TPSA) is 91.2 Å². The molecule has 7 nitrogen and oxygen atoms in total. The Hall–Kier alpha value is -2.61. The predicted octanol–water partition coefficient (Wildman–Crippen LogP) is 2.32. The van der Waals surface area contributed by atoms with Gasteiger partial charge in [0.05, 0.1) is 18.5 Å². The second-order valence-corrected chi connectivity index (χ2v) is 6.72. The molecule has 0 bridgehead atoms. The Kier molecular flexibility index (Phi) is 3.84. The van der Waals surface area contributed by atoms with Crippen LogP contribution in [0.15, 0.2) is 22.7 Å². The van der Waals surface area contributed by atoms with Gasteiger partial charge in [0.15, 0.2) is 5.84 Å². The summed E-state index contributed by atoms with van der Waals surface area (Å²) in [6, 6.07) is 4.06. The number of ether oxygens (including phenoxy) is 1. The van der Waals surface area contributed by atoms with Crippen molar-refractivity contribution in [3.05, 3.63) is 46.4 Å². The Morgan fingerprint density at radius 3 is 2.92 bits per heavy atom. The number of aromatic nitrogens is 4. The van der Waals surface area contributed by atoms with Gasteiger partial charge >= 0.3 is 0 Å². The molecule has 0 saturated carbocycles. The number of methoxy groups -OCH3 is 1. The molecular weight excluding hydrogens is 336 g/mol. The van der Waals surface area contributed by atoms with Crippen molar-refractivity contribution in [1.29, 1.82) is 0 Å². The zero-order valence-electron chi connectivity index (χ0n) is 14.3. The average molecular weight is 354 g/mol. The summed E-state index contributed by atoms with van der Waals surface area (Å²) in [6.45, 7) is 4.41. The lowest BCUT2D eigenvalue weighted by atomic mass is 10.1. The van der Waals surface area contributed by atoms with Crippen molar-refractivity contribution in [3.63, 3.8) is 0 Å². The fourth-order valence-corrected chi connectivity index (χ4v) is 3.80. The SMILES string of the molecule is COc1c(C)cnc(Cn2nc3ccc4c-3c(n2)C(N)=NSC4)c1C. The second kappa shape index (κ2) is 6.03. The molecule has 2 aliphatic heterocycles. The first-order chi connectivity index (χ1) is 12.1. The molecule has 0 spiro atoms. The molecule has 1 aliphatic carbocycles. The van der Waals surface area contributed by atoms with Crippen LogP contribution in [0.5, 0.6) is 5.75 Å². The van der Waals surface area contributed by atoms with Crippen LogP contribution in [0.3, 0.4) is 0 Å². The number of aryl methyl sites for hydroxylation is 1. The van der Waals surface area contributed by atoms with Crippen LogP contribution in [0.1, 0.15) is 28.1 Å². The quantitative estimate of drug-likeness (QED) is 0.726. The Morgan fingerprint density at radius 2 is 2.12 bits per heavy atom. The molecule has 0 fully saturated rings. The summed E-state index contributed by atoms with van der Waals surface area (Å²) in [5, 5.41) is 9.25. The zero-order chi connectivity index (χ0) is 17.6. The Bertz CT molecular complexity index is 964. The van der Waals surface area contributed by atoms with Crippen molar-refractivity contribution in [3.8, 4) is 17.0 Å². The van der Waals surface area contributed by atoms with Crippen molar-refractivity contribution in [2.75, 3.05) is 7.11 Å². The third-order valence-electron chi connectivity index (χ3n) is 4.36. The van der Waals surface area contributed by atoms with Crippen molar-refractivity contribution in [2.45, 2.75) is 26.1 Å². The standard InChI is InChI=1S/C17H18N6OS/c1-9-6-19-13(10(2)16(9)24-3)7-23-20-12-5-4-11-8-25-22-17(18)15(21-23)14(11)12/h4-6H,7-8H2,1-3H3,(H2,18,22). The van der Waals surface area contributed by atoms with Crippen molar-refractivity contribution in [2.24, 2.45) is 10.1 Å². The smallest absolute Gasteiger partial charge is 0.160 e. The van der Waals surface area contributed by atoms with Crippen molar-refractivity contribution < 1.29 is 4.74 Å². The van der Waals surface area contributed by atoms with E-state index in [0.29, 0.717) is 18.1 Å². The van der Waals surface area contributed by atoms with Crippen LogP contribution in [0.4, 0.5) is 0 Å². The summed E-state index contributed by atoms with van der Waals surface area (Å²) in [5.41, 5.74) is 12.7. The number of pyridine rings is 1. The van der Waals surface area contributed by atoms with E-state index in [2.05, 4.69) is 25.6 Å². The Balaban J connectivity index is 1.81. The lowest BCUT2D eigenvalue weighted by molar-refractivity contribution is 0.406. The van der Waals surface area contributed by atoms with Gasteiger partial charge in [0.25, 0.3) is 0 Å². The molecule has 4 rings (SSSR count). The second-order valence-electron chi connectivity index (χ2n) is 5.99. The summed E-state index contributed by atoms with van der Waals surface area (Å²) in [4.78, 5) is 6.16. The van der Waals surface area contributed by atoms with Gasteiger partial charge in [-0.3, -0.25) is 4.98 Å². The van der Waals surface area contributed by atoms with Gasteiger partial charge in [0.1, 0.15) is 18.0 Å². The number of nitrogens with zero attached hydrogens (tertiary/aromatic N) is 5. The summed E-state index contributed by atoms with van der Waals surface area (Å²) >= 11 is 1.43. The minimum Gasteiger partial charge on any atom is -0.496 e. The summed E-state index contributed by atoms with van der Waals surface area (Å²) in [7, 11) is 1.67. The highest BCUT2D eigenvalue weighted by Crippen LogP contribution is 2.34. The first kappa shape index (κ1) is 15.9. The third kappa shape index (κ3) is 2.62. The zero-order valence-corrected chi connectivity index (χ0v) is 15.1. The number of rotatable bonds is 3. The van der Waals surface area contributed by atoms with Crippen LogP contribution >= 0.6 is 11.9 Å². The summed E-state index contributed by atoms with van der Waals surface area (Å²) in [6.07, 6.45) is 1.81.